The molecule has 0 heterocycles. The third-order valence-corrected chi connectivity index (χ3v) is 3.08. The van der Waals surface area contributed by atoms with Crippen molar-refractivity contribution in [3.8, 4) is 0 Å². The summed E-state index contributed by atoms with van der Waals surface area (Å²) < 4.78 is 0. The molecule has 0 radical (unpaired) electrons. The molecule has 1 N–H and O–H groups in total. The Kier molecular flexibility index (Phi) is 6.01. The van der Waals surface area contributed by atoms with Crippen LogP contribution in [0.1, 0.15) is 45.6 Å². The third-order valence-electron chi connectivity index (χ3n) is 2.85. The van der Waals surface area contributed by atoms with E-state index in [0.717, 1.165) is 11.6 Å². The minimum atomic E-state index is 0.531. The lowest BCUT2D eigenvalue weighted by atomic mass is 9.90. The van der Waals surface area contributed by atoms with E-state index in [0.29, 0.717) is 17.9 Å². The largest absolute Gasteiger partial charge is 0.314 e. The van der Waals surface area contributed by atoms with Crippen molar-refractivity contribution in [1.82, 2.24) is 5.32 Å². The molecule has 96 valence electrons. The highest BCUT2D eigenvalue weighted by atomic mass is 35.5. The average Bonchev–Trinajstić information content (AvgIpc) is 2.23. The summed E-state index contributed by atoms with van der Waals surface area (Å²) in [7, 11) is 0. The van der Waals surface area contributed by atoms with Crippen LogP contribution in [0.2, 0.25) is 5.02 Å². The van der Waals surface area contributed by atoms with E-state index in [4.69, 9.17) is 11.6 Å². The Morgan fingerprint density at radius 2 is 1.88 bits per heavy atom. The van der Waals surface area contributed by atoms with Crippen molar-refractivity contribution in [2.75, 3.05) is 6.54 Å². The van der Waals surface area contributed by atoms with Gasteiger partial charge in [-0.3, -0.25) is 0 Å². The predicted octanol–water partition coefficient (Wildman–Crippen LogP) is 4.47. The van der Waals surface area contributed by atoms with Crippen LogP contribution in [0.3, 0.4) is 0 Å². The van der Waals surface area contributed by atoms with E-state index in [1.54, 1.807) is 0 Å². The first kappa shape index (κ1) is 14.5. The molecular weight excluding hydrogens is 230 g/mol. The first-order valence-corrected chi connectivity index (χ1v) is 6.85. The van der Waals surface area contributed by atoms with Crippen molar-refractivity contribution in [3.05, 3.63) is 34.9 Å². The zero-order chi connectivity index (χ0) is 12.8. The lowest BCUT2D eigenvalue weighted by Gasteiger charge is -2.21. The number of halogens is 1. The highest BCUT2D eigenvalue weighted by Gasteiger charge is 2.14. The molecule has 1 atom stereocenters. The number of benzene rings is 1. The SMILES string of the molecule is CC(C)CC(CNC(C)C)c1cccc(Cl)c1. The molecule has 0 aromatic heterocycles. The summed E-state index contributed by atoms with van der Waals surface area (Å²) in [6, 6.07) is 8.79. The van der Waals surface area contributed by atoms with Crippen LogP contribution in [0.25, 0.3) is 0 Å². The van der Waals surface area contributed by atoms with Gasteiger partial charge in [0.05, 0.1) is 0 Å². The van der Waals surface area contributed by atoms with Crippen molar-refractivity contribution in [3.63, 3.8) is 0 Å². The predicted molar refractivity (Wildman–Crippen MR) is 76.8 cm³/mol. The molecule has 0 amide bonds. The zero-order valence-corrected chi connectivity index (χ0v) is 12.1. The summed E-state index contributed by atoms with van der Waals surface area (Å²) in [5.41, 5.74) is 1.35. The van der Waals surface area contributed by atoms with E-state index in [2.05, 4.69) is 45.1 Å². The molecule has 1 nitrogen and oxygen atoms in total. The van der Waals surface area contributed by atoms with Crippen molar-refractivity contribution < 1.29 is 0 Å². The second-order valence-corrected chi connectivity index (χ2v) is 5.88. The average molecular weight is 254 g/mol. The van der Waals surface area contributed by atoms with E-state index in [1.807, 2.05) is 12.1 Å². The van der Waals surface area contributed by atoms with Crippen LogP contribution in [0.15, 0.2) is 24.3 Å². The van der Waals surface area contributed by atoms with Gasteiger partial charge in [0.1, 0.15) is 0 Å². The topological polar surface area (TPSA) is 12.0 Å². The monoisotopic (exact) mass is 253 g/mol. The molecule has 17 heavy (non-hydrogen) atoms. The van der Waals surface area contributed by atoms with Crippen LogP contribution in [-0.4, -0.2) is 12.6 Å². The maximum atomic E-state index is 6.07. The summed E-state index contributed by atoms with van der Waals surface area (Å²) in [6.07, 6.45) is 1.19. The maximum absolute atomic E-state index is 6.07. The van der Waals surface area contributed by atoms with Gasteiger partial charge in [-0.15, -0.1) is 0 Å². The Balaban J connectivity index is 2.74. The van der Waals surface area contributed by atoms with Gasteiger partial charge in [-0.25, -0.2) is 0 Å². The lowest BCUT2D eigenvalue weighted by molar-refractivity contribution is 0.452. The number of hydrogen-bond acceptors (Lipinski definition) is 1. The molecule has 0 bridgehead atoms. The van der Waals surface area contributed by atoms with Crippen molar-refractivity contribution in [2.24, 2.45) is 5.92 Å². The number of rotatable bonds is 6. The number of hydrogen-bond donors (Lipinski definition) is 1. The molecule has 0 aliphatic rings. The van der Waals surface area contributed by atoms with Crippen LogP contribution in [-0.2, 0) is 0 Å². The molecule has 1 rings (SSSR count). The van der Waals surface area contributed by atoms with Gasteiger partial charge in [0.15, 0.2) is 0 Å². The summed E-state index contributed by atoms with van der Waals surface area (Å²) in [4.78, 5) is 0. The fraction of sp³-hybridized carbons (Fsp3) is 0.600. The van der Waals surface area contributed by atoms with E-state index in [-0.39, 0.29) is 0 Å². The Bertz CT molecular complexity index is 333. The molecule has 0 saturated heterocycles. The van der Waals surface area contributed by atoms with Crippen LogP contribution >= 0.6 is 11.6 Å². The fourth-order valence-electron chi connectivity index (χ4n) is 2.04. The van der Waals surface area contributed by atoms with E-state index in [9.17, 15) is 0 Å². The smallest absolute Gasteiger partial charge is 0.0408 e. The molecule has 0 aliphatic carbocycles. The van der Waals surface area contributed by atoms with Crippen molar-refractivity contribution in [2.45, 2.75) is 46.1 Å². The molecule has 0 saturated carbocycles. The molecular formula is C15H24ClN. The van der Waals surface area contributed by atoms with Crippen LogP contribution in [0.5, 0.6) is 0 Å². The summed E-state index contributed by atoms with van der Waals surface area (Å²) in [6.45, 7) is 9.94. The molecule has 1 aromatic rings. The Morgan fingerprint density at radius 1 is 1.18 bits per heavy atom. The van der Waals surface area contributed by atoms with Gasteiger partial charge in [0, 0.05) is 17.6 Å². The quantitative estimate of drug-likeness (QED) is 0.789. The van der Waals surface area contributed by atoms with Crippen molar-refractivity contribution in [1.29, 1.82) is 0 Å². The Labute approximate surface area is 111 Å². The summed E-state index contributed by atoms with van der Waals surface area (Å²) >= 11 is 6.07. The molecule has 0 fully saturated rings. The highest BCUT2D eigenvalue weighted by molar-refractivity contribution is 6.30. The standard InChI is InChI=1S/C15H24ClN/c1-11(2)8-14(10-17-12(3)4)13-6-5-7-15(16)9-13/h5-7,9,11-12,14,17H,8,10H2,1-4H3. The van der Waals surface area contributed by atoms with Crippen molar-refractivity contribution >= 4 is 11.6 Å². The fourth-order valence-corrected chi connectivity index (χ4v) is 2.24. The highest BCUT2D eigenvalue weighted by Crippen LogP contribution is 2.25. The van der Waals surface area contributed by atoms with Gasteiger partial charge in [-0.2, -0.15) is 0 Å². The molecule has 1 aromatic carbocycles. The van der Waals surface area contributed by atoms with Gasteiger partial charge in [0.2, 0.25) is 0 Å². The normalized spacial score (nSPS) is 13.4. The first-order chi connectivity index (χ1) is 7.99. The number of nitrogens with one attached hydrogen (secondary N) is 1. The first-order valence-electron chi connectivity index (χ1n) is 6.48. The van der Waals surface area contributed by atoms with Crippen LogP contribution in [0, 0.1) is 5.92 Å². The molecule has 2 heteroatoms. The third kappa shape index (κ3) is 5.56. The molecule has 0 spiro atoms. The maximum Gasteiger partial charge on any atom is 0.0408 e. The molecule has 1 unspecified atom stereocenters. The zero-order valence-electron chi connectivity index (χ0n) is 11.3. The Hall–Kier alpha value is -0.530. The van der Waals surface area contributed by atoms with Gasteiger partial charge in [0.25, 0.3) is 0 Å². The van der Waals surface area contributed by atoms with Crippen LogP contribution in [0.4, 0.5) is 0 Å². The van der Waals surface area contributed by atoms with E-state index in [1.165, 1.54) is 12.0 Å². The van der Waals surface area contributed by atoms with E-state index >= 15 is 0 Å². The Morgan fingerprint density at radius 3 is 2.41 bits per heavy atom. The minimum absolute atomic E-state index is 0.531. The summed E-state index contributed by atoms with van der Waals surface area (Å²) in [5, 5.41) is 4.36. The van der Waals surface area contributed by atoms with Gasteiger partial charge in [-0.1, -0.05) is 51.4 Å². The van der Waals surface area contributed by atoms with E-state index < -0.39 is 0 Å². The summed E-state index contributed by atoms with van der Waals surface area (Å²) in [5.74, 6) is 1.25. The van der Waals surface area contributed by atoms with Gasteiger partial charge < -0.3 is 5.32 Å². The lowest BCUT2D eigenvalue weighted by Crippen LogP contribution is -2.28. The van der Waals surface area contributed by atoms with Gasteiger partial charge >= 0.3 is 0 Å². The molecule has 0 aliphatic heterocycles. The minimum Gasteiger partial charge on any atom is -0.314 e. The second-order valence-electron chi connectivity index (χ2n) is 5.44. The van der Waals surface area contributed by atoms with Gasteiger partial charge in [-0.05, 0) is 36.0 Å². The second kappa shape index (κ2) is 7.03. The van der Waals surface area contributed by atoms with Crippen LogP contribution < -0.4 is 5.32 Å².